The number of furan rings is 1. The number of carbonyl (C=O) groups is 2. The second-order valence-corrected chi connectivity index (χ2v) is 7.23. The van der Waals surface area contributed by atoms with E-state index in [2.05, 4.69) is 4.98 Å². The zero-order valence-electron chi connectivity index (χ0n) is 13.0. The quantitative estimate of drug-likeness (QED) is 0.668. The number of aromatic nitrogens is 1. The normalized spacial score (nSPS) is 11.0. The van der Waals surface area contributed by atoms with Gasteiger partial charge in [0.2, 0.25) is 5.91 Å². The van der Waals surface area contributed by atoms with Crippen LogP contribution in [0.5, 0.6) is 0 Å². The minimum Gasteiger partial charge on any atom is -0.467 e. The van der Waals surface area contributed by atoms with E-state index in [0.29, 0.717) is 10.5 Å². The summed E-state index contributed by atoms with van der Waals surface area (Å²) in [7, 11) is 0. The third-order valence-electron chi connectivity index (χ3n) is 3.23. The van der Waals surface area contributed by atoms with Gasteiger partial charge in [-0.15, -0.1) is 0 Å². The molecule has 0 bridgehead atoms. The third-order valence-corrected chi connectivity index (χ3v) is 5.05. The largest absolute Gasteiger partial charge is 0.467 e. The van der Waals surface area contributed by atoms with E-state index >= 15 is 0 Å². The van der Waals surface area contributed by atoms with Crippen molar-refractivity contribution in [1.82, 2.24) is 4.98 Å². The van der Waals surface area contributed by atoms with Gasteiger partial charge in [-0.3, -0.25) is 14.5 Å². The van der Waals surface area contributed by atoms with Crippen molar-refractivity contribution in [1.29, 1.82) is 0 Å². The van der Waals surface area contributed by atoms with E-state index < -0.39 is 11.6 Å². The van der Waals surface area contributed by atoms with Crippen LogP contribution in [0.25, 0.3) is 10.2 Å². The van der Waals surface area contributed by atoms with Gasteiger partial charge in [-0.1, -0.05) is 23.1 Å². The molecule has 130 valence electrons. The number of halogens is 2. The van der Waals surface area contributed by atoms with Crippen LogP contribution in [0.4, 0.5) is 13.9 Å². The summed E-state index contributed by atoms with van der Waals surface area (Å²) in [6.07, 6.45) is 1.47. The maximum atomic E-state index is 13.9. The second kappa shape index (κ2) is 7.32. The molecule has 0 saturated heterocycles. The van der Waals surface area contributed by atoms with Gasteiger partial charge in [-0.2, -0.15) is 0 Å². The zero-order chi connectivity index (χ0) is 18.0. The number of fused-ring (bicyclic) bond motifs is 1. The van der Waals surface area contributed by atoms with Crippen LogP contribution >= 0.6 is 23.1 Å². The highest BCUT2D eigenvalue weighted by Crippen LogP contribution is 2.32. The van der Waals surface area contributed by atoms with Gasteiger partial charge in [0.15, 0.2) is 16.1 Å². The van der Waals surface area contributed by atoms with E-state index in [1.54, 1.807) is 12.1 Å². The summed E-state index contributed by atoms with van der Waals surface area (Å²) in [5, 5.41) is 0.0220. The zero-order valence-corrected chi connectivity index (χ0v) is 14.6. The van der Waals surface area contributed by atoms with Crippen molar-refractivity contribution >= 4 is 49.5 Å². The Morgan fingerprint density at radius 2 is 2.16 bits per heavy atom. The molecule has 9 heteroatoms. The number of rotatable bonds is 5. The van der Waals surface area contributed by atoms with Gasteiger partial charge in [-0.25, -0.2) is 13.8 Å². The SMILES string of the molecule is CC(=O)SCC(=O)N(Cc1ccco1)c1nc2c(F)cc(F)cc2s1. The topological polar surface area (TPSA) is 63.4 Å². The maximum absolute atomic E-state index is 13.9. The van der Waals surface area contributed by atoms with Crippen LogP contribution in [0, 0.1) is 11.6 Å². The molecule has 0 atom stereocenters. The fourth-order valence-corrected chi connectivity index (χ4v) is 3.63. The Morgan fingerprint density at radius 1 is 1.36 bits per heavy atom. The highest BCUT2D eigenvalue weighted by atomic mass is 32.2. The number of carbonyl (C=O) groups excluding carboxylic acids is 2. The molecular weight excluding hydrogens is 370 g/mol. The lowest BCUT2D eigenvalue weighted by atomic mass is 10.3. The lowest BCUT2D eigenvalue weighted by molar-refractivity contribution is -0.116. The third kappa shape index (κ3) is 4.05. The van der Waals surface area contributed by atoms with E-state index in [1.807, 2.05) is 0 Å². The first-order valence-corrected chi connectivity index (χ1v) is 8.96. The Balaban J connectivity index is 1.96. The number of anilines is 1. The minimum absolute atomic E-state index is 0.00198. The monoisotopic (exact) mass is 382 g/mol. The molecule has 0 radical (unpaired) electrons. The fourth-order valence-electron chi connectivity index (χ4n) is 2.12. The minimum atomic E-state index is -0.791. The number of thiazole rings is 1. The smallest absolute Gasteiger partial charge is 0.239 e. The summed E-state index contributed by atoms with van der Waals surface area (Å²) in [4.78, 5) is 29.1. The summed E-state index contributed by atoms with van der Waals surface area (Å²) >= 11 is 1.87. The van der Waals surface area contributed by atoms with Crippen molar-refractivity contribution in [3.8, 4) is 0 Å². The summed E-state index contributed by atoms with van der Waals surface area (Å²) in [5.41, 5.74) is -0.00198. The summed E-state index contributed by atoms with van der Waals surface area (Å²) in [5.74, 6) is -1.45. The maximum Gasteiger partial charge on any atom is 0.239 e. The molecule has 5 nitrogen and oxygen atoms in total. The molecule has 0 unspecified atom stereocenters. The van der Waals surface area contributed by atoms with Crippen molar-refractivity contribution in [3.05, 3.63) is 47.9 Å². The Bertz CT molecular complexity index is 925. The number of amides is 1. The highest BCUT2D eigenvalue weighted by Gasteiger charge is 2.23. The van der Waals surface area contributed by atoms with Crippen LogP contribution in [0.3, 0.4) is 0 Å². The number of thioether (sulfide) groups is 1. The summed E-state index contributed by atoms with van der Waals surface area (Å²) < 4.78 is 32.8. The van der Waals surface area contributed by atoms with Crippen LogP contribution in [-0.2, 0) is 16.1 Å². The molecule has 0 N–H and O–H groups in total. The van der Waals surface area contributed by atoms with E-state index in [4.69, 9.17) is 4.42 Å². The van der Waals surface area contributed by atoms with Crippen LogP contribution < -0.4 is 4.90 Å². The van der Waals surface area contributed by atoms with Gasteiger partial charge in [0, 0.05) is 13.0 Å². The molecule has 2 heterocycles. The van der Waals surface area contributed by atoms with Crippen LogP contribution in [-0.4, -0.2) is 21.8 Å². The molecular formula is C16H12F2N2O3S2. The number of hydrogen-bond donors (Lipinski definition) is 0. The average Bonchev–Trinajstić information content (AvgIpc) is 3.19. The Labute approximate surface area is 149 Å². The van der Waals surface area contributed by atoms with Crippen molar-refractivity contribution < 1.29 is 22.8 Å². The fraction of sp³-hybridized carbons (Fsp3) is 0.188. The van der Waals surface area contributed by atoms with E-state index in [-0.39, 0.29) is 34.0 Å². The van der Waals surface area contributed by atoms with Crippen LogP contribution in [0.1, 0.15) is 12.7 Å². The molecule has 0 aliphatic carbocycles. The Hall–Kier alpha value is -2.26. The lowest BCUT2D eigenvalue weighted by Gasteiger charge is -2.18. The first-order chi connectivity index (χ1) is 11.9. The predicted octanol–water partition coefficient (Wildman–Crippen LogP) is 3.98. The van der Waals surface area contributed by atoms with Gasteiger partial charge < -0.3 is 4.42 Å². The van der Waals surface area contributed by atoms with Gasteiger partial charge in [0.1, 0.15) is 17.1 Å². The van der Waals surface area contributed by atoms with E-state index in [0.717, 1.165) is 29.2 Å². The molecule has 3 aromatic rings. The molecule has 0 aliphatic rings. The molecule has 1 aromatic carbocycles. The molecule has 25 heavy (non-hydrogen) atoms. The van der Waals surface area contributed by atoms with Gasteiger partial charge in [-0.05, 0) is 18.2 Å². The molecule has 0 spiro atoms. The molecule has 2 aromatic heterocycles. The predicted molar refractivity (Wildman–Crippen MR) is 92.6 cm³/mol. The number of benzene rings is 1. The molecule has 3 rings (SSSR count). The number of hydrogen-bond acceptors (Lipinski definition) is 6. The molecule has 0 aliphatic heterocycles. The van der Waals surface area contributed by atoms with Gasteiger partial charge >= 0.3 is 0 Å². The molecule has 0 fully saturated rings. The number of nitrogens with zero attached hydrogens (tertiary/aromatic N) is 2. The van der Waals surface area contributed by atoms with Crippen molar-refractivity contribution in [3.63, 3.8) is 0 Å². The van der Waals surface area contributed by atoms with Crippen molar-refractivity contribution in [2.24, 2.45) is 0 Å². The Morgan fingerprint density at radius 3 is 2.84 bits per heavy atom. The second-order valence-electron chi connectivity index (χ2n) is 5.07. The standard InChI is InChI=1S/C16H12F2N2O3S2/c1-9(21)24-8-14(22)20(7-11-3-2-4-23-11)16-19-15-12(18)5-10(17)6-13(15)25-16/h2-6H,7-8H2,1H3. The van der Waals surface area contributed by atoms with E-state index in [1.165, 1.54) is 24.2 Å². The summed E-state index contributed by atoms with van der Waals surface area (Å²) in [6.45, 7) is 1.44. The molecule has 0 saturated carbocycles. The lowest BCUT2D eigenvalue weighted by Crippen LogP contribution is -2.32. The summed E-state index contributed by atoms with van der Waals surface area (Å²) in [6, 6.07) is 5.28. The van der Waals surface area contributed by atoms with Gasteiger partial charge in [0.25, 0.3) is 0 Å². The first-order valence-electron chi connectivity index (χ1n) is 7.15. The van der Waals surface area contributed by atoms with Crippen molar-refractivity contribution in [2.75, 3.05) is 10.7 Å². The average molecular weight is 382 g/mol. The van der Waals surface area contributed by atoms with Crippen LogP contribution in [0.2, 0.25) is 0 Å². The Kier molecular flexibility index (Phi) is 5.14. The van der Waals surface area contributed by atoms with Gasteiger partial charge in [0.05, 0.1) is 23.3 Å². The first kappa shape index (κ1) is 17.6. The van der Waals surface area contributed by atoms with Crippen LogP contribution in [0.15, 0.2) is 34.9 Å². The highest BCUT2D eigenvalue weighted by molar-refractivity contribution is 8.14. The van der Waals surface area contributed by atoms with E-state index in [9.17, 15) is 18.4 Å². The van der Waals surface area contributed by atoms with Crippen molar-refractivity contribution in [2.45, 2.75) is 13.5 Å². The molecule has 1 amide bonds.